The van der Waals surface area contributed by atoms with Gasteiger partial charge in [-0.1, -0.05) is 68.3 Å². The predicted octanol–water partition coefficient (Wildman–Crippen LogP) is 3.28. The van der Waals surface area contributed by atoms with Crippen LogP contribution in [0.15, 0.2) is 53.3 Å². The average Bonchev–Trinajstić information content (AvgIpc) is 3.57. The number of carbonyl (C=O) groups is 1. The van der Waals surface area contributed by atoms with E-state index < -0.39 is 11.5 Å². The Morgan fingerprint density at radius 3 is 2.46 bits per heavy atom. The van der Waals surface area contributed by atoms with E-state index in [9.17, 15) is 9.59 Å². The molecule has 11 nitrogen and oxygen atoms in total. The van der Waals surface area contributed by atoms with Gasteiger partial charge in [0.05, 0.1) is 0 Å². The highest BCUT2D eigenvalue weighted by Gasteiger charge is 2.19. The van der Waals surface area contributed by atoms with E-state index in [4.69, 9.17) is 4.74 Å². The molecule has 2 aromatic carbocycles. The van der Waals surface area contributed by atoms with Gasteiger partial charge in [-0.05, 0) is 35.8 Å². The number of carbonyl (C=O) groups excluding carboxylic acids is 1. The average molecular weight is 497 g/mol. The number of hydrogen-bond acceptors (Lipinski definition) is 8. The second-order valence-corrected chi connectivity index (χ2v) is 7.54. The summed E-state index contributed by atoms with van der Waals surface area (Å²) in [5, 5.41) is 20.5. The Morgan fingerprint density at radius 2 is 1.78 bits per heavy atom. The van der Waals surface area contributed by atoms with Gasteiger partial charge < -0.3 is 9.30 Å². The summed E-state index contributed by atoms with van der Waals surface area (Å²) in [5.41, 5.74) is 3.73. The molecular formula is C26H24N8O3. The zero-order valence-electron chi connectivity index (χ0n) is 20.7. The summed E-state index contributed by atoms with van der Waals surface area (Å²) in [5.74, 6) is 5.03. The molecule has 0 radical (unpaired) electrons. The van der Waals surface area contributed by atoms with Crippen LogP contribution in [0.3, 0.4) is 0 Å². The molecule has 0 aliphatic carbocycles. The number of hydrogen-bond donors (Lipinski definition) is 2. The fraction of sp³-hybridized carbons (Fsp3) is 0.192. The standard InChI is InChI=1S/C24H18N8O3.C2H6/c1-3-6-19(33)35-24-21-20(23(34)28-29-24)25-14(2)32(21)13-15-9-11-16(12-10-15)17-7-4-5-8-18(17)22-26-30-31-27-22;1-2/h4-5,7-12H,13H2,1-2H3,(H,28,34)(H,26,27,30,31);1-2H3. The smallest absolute Gasteiger partial charge is 0.391 e. The van der Waals surface area contributed by atoms with Gasteiger partial charge in [0.25, 0.3) is 11.4 Å². The second-order valence-electron chi connectivity index (χ2n) is 7.54. The van der Waals surface area contributed by atoms with E-state index in [1.54, 1.807) is 11.5 Å². The van der Waals surface area contributed by atoms with Crippen LogP contribution in [-0.4, -0.2) is 46.3 Å². The number of rotatable bonds is 5. The van der Waals surface area contributed by atoms with E-state index in [2.05, 4.69) is 47.6 Å². The molecule has 37 heavy (non-hydrogen) atoms. The van der Waals surface area contributed by atoms with E-state index in [0.717, 1.165) is 22.3 Å². The third-order valence-corrected chi connectivity index (χ3v) is 5.37. The molecule has 0 aliphatic rings. The normalized spacial score (nSPS) is 10.3. The summed E-state index contributed by atoms with van der Waals surface area (Å²) in [6, 6.07) is 15.7. The molecule has 2 N–H and O–H groups in total. The highest BCUT2D eigenvalue weighted by Crippen LogP contribution is 2.30. The SMILES string of the molecule is CC.CC#CC(=O)Oc1n[nH]c(=O)c2nc(C)n(Cc3ccc(-c4ccccc4-c4nn[nH]n4)cc3)c12. The second kappa shape index (κ2) is 11.1. The van der Waals surface area contributed by atoms with Gasteiger partial charge in [0, 0.05) is 18.0 Å². The largest absolute Gasteiger partial charge is 0.394 e. The van der Waals surface area contributed by atoms with Gasteiger partial charge in [-0.2, -0.15) is 5.21 Å². The van der Waals surface area contributed by atoms with Crippen LogP contribution in [0, 0.1) is 18.8 Å². The number of aromatic nitrogens is 8. The zero-order chi connectivity index (χ0) is 26.4. The molecule has 0 atom stereocenters. The molecule has 11 heteroatoms. The lowest BCUT2D eigenvalue weighted by Crippen LogP contribution is -2.14. The summed E-state index contributed by atoms with van der Waals surface area (Å²) in [6.45, 7) is 7.67. The van der Waals surface area contributed by atoms with Crippen molar-refractivity contribution in [2.24, 2.45) is 0 Å². The van der Waals surface area contributed by atoms with Gasteiger partial charge in [0.2, 0.25) is 5.82 Å². The monoisotopic (exact) mass is 496 g/mol. The van der Waals surface area contributed by atoms with Crippen LogP contribution in [0.1, 0.15) is 32.2 Å². The minimum atomic E-state index is -0.775. The molecule has 5 aromatic rings. The first-order valence-corrected chi connectivity index (χ1v) is 11.6. The molecule has 5 rings (SSSR count). The van der Waals surface area contributed by atoms with Crippen molar-refractivity contribution in [3.63, 3.8) is 0 Å². The zero-order valence-corrected chi connectivity index (χ0v) is 20.7. The number of aromatic amines is 2. The summed E-state index contributed by atoms with van der Waals surface area (Å²) in [6.07, 6.45) is 0. The summed E-state index contributed by atoms with van der Waals surface area (Å²) in [4.78, 5) is 28.6. The third-order valence-electron chi connectivity index (χ3n) is 5.37. The fourth-order valence-electron chi connectivity index (χ4n) is 3.81. The molecule has 0 saturated carbocycles. The Balaban J connectivity index is 0.00000156. The van der Waals surface area contributed by atoms with Gasteiger partial charge in [0.15, 0.2) is 5.52 Å². The molecule has 0 bridgehead atoms. The van der Waals surface area contributed by atoms with E-state index in [1.807, 2.05) is 62.4 Å². The van der Waals surface area contributed by atoms with Crippen molar-refractivity contribution >= 4 is 17.0 Å². The van der Waals surface area contributed by atoms with E-state index in [-0.39, 0.29) is 11.4 Å². The first kappa shape index (κ1) is 25.0. The van der Waals surface area contributed by atoms with Gasteiger partial charge >= 0.3 is 5.97 Å². The molecule has 0 amide bonds. The van der Waals surface area contributed by atoms with Crippen LogP contribution < -0.4 is 10.3 Å². The maximum absolute atomic E-state index is 12.3. The number of imidazole rings is 1. The van der Waals surface area contributed by atoms with Crippen molar-refractivity contribution < 1.29 is 9.53 Å². The van der Waals surface area contributed by atoms with Gasteiger partial charge in [0.1, 0.15) is 11.3 Å². The van der Waals surface area contributed by atoms with E-state index in [0.29, 0.717) is 23.7 Å². The van der Waals surface area contributed by atoms with Gasteiger partial charge in [-0.25, -0.2) is 14.9 Å². The number of benzene rings is 2. The van der Waals surface area contributed by atoms with E-state index in [1.165, 1.54) is 6.92 Å². The first-order chi connectivity index (χ1) is 18.0. The molecule has 0 unspecified atom stereocenters. The van der Waals surface area contributed by atoms with Gasteiger partial charge in [-0.3, -0.25) is 4.79 Å². The minimum Gasteiger partial charge on any atom is -0.394 e. The lowest BCUT2D eigenvalue weighted by molar-refractivity contribution is -0.128. The molecule has 0 aliphatic heterocycles. The van der Waals surface area contributed by atoms with Gasteiger partial charge in [-0.15, -0.1) is 15.3 Å². The Bertz CT molecular complexity index is 1660. The predicted molar refractivity (Wildman–Crippen MR) is 137 cm³/mol. The van der Waals surface area contributed by atoms with Crippen molar-refractivity contribution in [2.45, 2.75) is 34.2 Å². The number of aryl methyl sites for hydroxylation is 1. The molecule has 3 heterocycles. The molecule has 186 valence electrons. The number of H-pyrrole nitrogens is 2. The topological polar surface area (TPSA) is 144 Å². The highest BCUT2D eigenvalue weighted by atomic mass is 16.5. The van der Waals surface area contributed by atoms with Crippen LogP contribution in [0.4, 0.5) is 0 Å². The third kappa shape index (κ3) is 5.13. The van der Waals surface area contributed by atoms with Crippen molar-refractivity contribution in [3.8, 4) is 40.2 Å². The quantitative estimate of drug-likeness (QED) is 0.214. The number of esters is 1. The Morgan fingerprint density at radius 1 is 1.05 bits per heavy atom. The fourth-order valence-corrected chi connectivity index (χ4v) is 3.81. The van der Waals surface area contributed by atoms with E-state index >= 15 is 0 Å². The van der Waals surface area contributed by atoms with Crippen molar-refractivity contribution in [2.75, 3.05) is 0 Å². The summed E-state index contributed by atoms with van der Waals surface area (Å²) >= 11 is 0. The number of nitrogens with zero attached hydrogens (tertiary/aromatic N) is 6. The van der Waals surface area contributed by atoms with Crippen molar-refractivity contribution in [1.29, 1.82) is 0 Å². The Kier molecular flexibility index (Phi) is 7.49. The first-order valence-electron chi connectivity index (χ1n) is 11.6. The Hall–Kier alpha value is -5.11. The minimum absolute atomic E-state index is 0.0568. The van der Waals surface area contributed by atoms with Crippen LogP contribution in [0.5, 0.6) is 5.88 Å². The maximum Gasteiger partial charge on any atom is 0.391 e. The van der Waals surface area contributed by atoms with Crippen molar-refractivity contribution in [3.05, 3.63) is 70.3 Å². The number of nitrogens with one attached hydrogen (secondary N) is 2. The highest BCUT2D eigenvalue weighted by molar-refractivity contribution is 5.92. The summed E-state index contributed by atoms with van der Waals surface area (Å²) in [7, 11) is 0. The van der Waals surface area contributed by atoms with Crippen LogP contribution in [0.25, 0.3) is 33.5 Å². The molecule has 0 spiro atoms. The number of ether oxygens (including phenoxy) is 1. The number of tetrazole rings is 1. The summed E-state index contributed by atoms with van der Waals surface area (Å²) < 4.78 is 7.05. The number of fused-ring (bicyclic) bond motifs is 1. The molecular weight excluding hydrogens is 472 g/mol. The lowest BCUT2D eigenvalue weighted by Gasteiger charge is -2.11. The van der Waals surface area contributed by atoms with Crippen LogP contribution >= 0.6 is 0 Å². The Labute approximate surface area is 211 Å². The molecule has 0 fully saturated rings. The van der Waals surface area contributed by atoms with Crippen LogP contribution in [0.2, 0.25) is 0 Å². The maximum atomic E-state index is 12.3. The molecule has 0 saturated heterocycles. The lowest BCUT2D eigenvalue weighted by atomic mass is 9.98. The molecule has 3 aromatic heterocycles. The van der Waals surface area contributed by atoms with Crippen molar-refractivity contribution in [1.82, 2.24) is 40.4 Å². The van der Waals surface area contributed by atoms with Crippen LogP contribution in [-0.2, 0) is 11.3 Å².